The van der Waals surface area contributed by atoms with Gasteiger partial charge in [-0.2, -0.15) is 0 Å². The van der Waals surface area contributed by atoms with Gasteiger partial charge in [0.25, 0.3) is 0 Å². The molecule has 0 spiro atoms. The van der Waals surface area contributed by atoms with Gasteiger partial charge in [-0.1, -0.05) is 64.0 Å². The molecule has 1 saturated heterocycles. The van der Waals surface area contributed by atoms with Gasteiger partial charge in [-0.3, -0.25) is 4.79 Å². The van der Waals surface area contributed by atoms with Gasteiger partial charge in [0.15, 0.2) is 6.29 Å². The highest BCUT2D eigenvalue weighted by Gasteiger charge is 2.44. The van der Waals surface area contributed by atoms with Gasteiger partial charge in [-0.15, -0.1) is 0 Å². The number of carbonyl (C=O) groups excluding carboxylic acids is 1. The molecule has 0 aromatic heterocycles. The van der Waals surface area contributed by atoms with E-state index in [0.717, 1.165) is 51.4 Å². The number of rotatable bonds is 22. The van der Waals surface area contributed by atoms with Crippen molar-refractivity contribution < 1.29 is 54.0 Å². The van der Waals surface area contributed by atoms with Gasteiger partial charge in [0.05, 0.1) is 25.4 Å². The summed E-state index contributed by atoms with van der Waals surface area (Å²) in [7, 11) is 0. The topological polar surface area (TPSA) is 178 Å². The van der Waals surface area contributed by atoms with Gasteiger partial charge in [0, 0.05) is 6.42 Å². The van der Waals surface area contributed by atoms with Crippen molar-refractivity contribution in [2.75, 3.05) is 13.2 Å². The second kappa shape index (κ2) is 21.4. The first kappa shape index (κ1) is 39.8. The minimum atomic E-state index is -1.62. The van der Waals surface area contributed by atoms with Crippen molar-refractivity contribution >= 4 is 5.91 Å². The third kappa shape index (κ3) is 13.3. The summed E-state index contributed by atoms with van der Waals surface area (Å²) in [6.45, 7) is 0.897. The molecule has 270 valence electrons. The van der Waals surface area contributed by atoms with Crippen LogP contribution in [0.25, 0.3) is 0 Å². The molecule has 1 aliphatic heterocycles. The molecule has 3 unspecified atom stereocenters. The molecule has 1 aliphatic rings. The predicted octanol–water partition coefficient (Wildman–Crippen LogP) is 3.49. The van der Waals surface area contributed by atoms with Gasteiger partial charge < -0.3 is 50.2 Å². The average Bonchev–Trinajstić information content (AvgIpc) is 3.08. The number of hydrogen-bond donors (Lipinski definition) is 7. The van der Waals surface area contributed by atoms with E-state index in [9.17, 15) is 39.8 Å². The van der Waals surface area contributed by atoms with Crippen LogP contribution in [-0.4, -0.2) is 98.7 Å². The lowest BCUT2D eigenvalue weighted by molar-refractivity contribution is -0.303. The van der Waals surface area contributed by atoms with Gasteiger partial charge >= 0.3 is 0 Å². The summed E-state index contributed by atoms with van der Waals surface area (Å²) in [5, 5.41) is 63.4. The number of nitrogens with one attached hydrogen (secondary N) is 1. The zero-order valence-electron chi connectivity index (χ0n) is 27.8. The van der Waals surface area contributed by atoms with Crippen molar-refractivity contribution in [2.45, 2.75) is 133 Å². The Balaban J connectivity index is 1.28. The van der Waals surface area contributed by atoms with Crippen LogP contribution in [0.4, 0.5) is 4.39 Å². The van der Waals surface area contributed by atoms with Crippen LogP contribution < -0.4 is 10.1 Å². The summed E-state index contributed by atoms with van der Waals surface area (Å²) >= 11 is 0. The molecule has 2 aromatic carbocycles. The molecule has 3 rings (SSSR count). The van der Waals surface area contributed by atoms with Crippen LogP contribution in [0, 0.1) is 5.82 Å². The Kier molecular flexibility index (Phi) is 17.7. The zero-order valence-corrected chi connectivity index (χ0v) is 27.8. The number of benzene rings is 2. The number of ether oxygens (including phenoxy) is 3. The molecular formula is C36H54FNO10. The molecule has 0 bridgehead atoms. The Morgan fingerprint density at radius 1 is 0.854 bits per heavy atom. The van der Waals surface area contributed by atoms with Crippen LogP contribution in [0.1, 0.15) is 83.1 Å². The number of aliphatic hydroxyl groups excluding tert-OH is 6. The van der Waals surface area contributed by atoms with E-state index in [4.69, 9.17) is 14.2 Å². The van der Waals surface area contributed by atoms with E-state index in [1.54, 1.807) is 12.1 Å². The highest BCUT2D eigenvalue weighted by atomic mass is 19.1. The molecule has 1 fully saturated rings. The largest absolute Gasteiger partial charge is 0.457 e. The Labute approximate surface area is 282 Å². The van der Waals surface area contributed by atoms with E-state index in [-0.39, 0.29) is 24.8 Å². The molecule has 0 aliphatic carbocycles. The molecule has 7 N–H and O–H groups in total. The fourth-order valence-corrected chi connectivity index (χ4v) is 5.68. The van der Waals surface area contributed by atoms with E-state index >= 15 is 0 Å². The lowest BCUT2D eigenvalue weighted by Gasteiger charge is -2.40. The fourth-order valence-electron chi connectivity index (χ4n) is 5.68. The molecule has 0 saturated carbocycles. The smallest absolute Gasteiger partial charge is 0.220 e. The number of aryl methyl sites for hydroxylation is 1. The molecule has 12 heteroatoms. The van der Waals surface area contributed by atoms with E-state index in [1.165, 1.54) is 17.7 Å². The van der Waals surface area contributed by atoms with Crippen molar-refractivity contribution in [3.05, 3.63) is 59.9 Å². The fraction of sp³-hybridized carbons (Fsp3) is 0.639. The summed E-state index contributed by atoms with van der Waals surface area (Å²) < 4.78 is 29.7. The number of halogens is 1. The maximum Gasteiger partial charge on any atom is 0.220 e. The third-order valence-corrected chi connectivity index (χ3v) is 8.62. The van der Waals surface area contributed by atoms with Crippen molar-refractivity contribution in [1.82, 2.24) is 5.32 Å². The summed E-state index contributed by atoms with van der Waals surface area (Å²) in [6.07, 6.45) is 0.443. The van der Waals surface area contributed by atoms with Crippen LogP contribution in [-0.2, 0) is 20.7 Å². The zero-order chi connectivity index (χ0) is 34.9. The second-order valence-corrected chi connectivity index (χ2v) is 12.6. The minimum Gasteiger partial charge on any atom is -0.457 e. The molecule has 8 atom stereocenters. The lowest BCUT2D eigenvalue weighted by atomic mass is 9.99. The minimum absolute atomic E-state index is 0.237. The molecule has 2 aromatic rings. The maximum absolute atomic E-state index is 13.1. The SMILES string of the molecule is CCC[C@@H](O)[C@@H](O)[C@H](CO[C@H]1OC(CO)[C@@H](O)C(O)C1O)NC(=O)CCCCCCCCCCc1ccc(Oc2ccc(F)cc2)cc1. The van der Waals surface area contributed by atoms with Crippen LogP contribution >= 0.6 is 0 Å². The highest BCUT2D eigenvalue weighted by Crippen LogP contribution is 2.24. The van der Waals surface area contributed by atoms with Crippen LogP contribution in [0.15, 0.2) is 48.5 Å². The number of amides is 1. The number of unbranched alkanes of at least 4 members (excludes halogenated alkanes) is 7. The van der Waals surface area contributed by atoms with Gasteiger partial charge in [-0.25, -0.2) is 4.39 Å². The molecule has 48 heavy (non-hydrogen) atoms. The summed E-state index contributed by atoms with van der Waals surface area (Å²) in [5.41, 5.74) is 1.25. The predicted molar refractivity (Wildman–Crippen MR) is 177 cm³/mol. The van der Waals surface area contributed by atoms with E-state index < -0.39 is 55.6 Å². The first-order valence-corrected chi connectivity index (χ1v) is 17.2. The monoisotopic (exact) mass is 679 g/mol. The molecule has 0 radical (unpaired) electrons. The van der Waals surface area contributed by atoms with Crippen LogP contribution in [0.5, 0.6) is 11.5 Å². The number of hydrogen-bond acceptors (Lipinski definition) is 10. The Bertz CT molecular complexity index is 1170. The van der Waals surface area contributed by atoms with Gasteiger partial charge in [-0.05, 0) is 67.6 Å². The van der Waals surface area contributed by atoms with E-state index in [0.29, 0.717) is 30.8 Å². The summed E-state index contributed by atoms with van der Waals surface area (Å²) in [5.74, 6) is 0.703. The average molecular weight is 680 g/mol. The Hall–Kier alpha value is -2.68. The number of aliphatic hydroxyl groups is 6. The van der Waals surface area contributed by atoms with Crippen molar-refractivity contribution in [3.8, 4) is 11.5 Å². The maximum atomic E-state index is 13.1. The first-order chi connectivity index (χ1) is 23.1. The van der Waals surface area contributed by atoms with Crippen molar-refractivity contribution in [3.63, 3.8) is 0 Å². The molecule has 1 amide bonds. The van der Waals surface area contributed by atoms with E-state index in [2.05, 4.69) is 17.4 Å². The normalized spacial score (nSPS) is 23.0. The second-order valence-electron chi connectivity index (χ2n) is 12.6. The lowest BCUT2D eigenvalue weighted by Crippen LogP contribution is -2.60. The first-order valence-electron chi connectivity index (χ1n) is 17.2. The van der Waals surface area contributed by atoms with Crippen molar-refractivity contribution in [2.24, 2.45) is 0 Å². The quantitative estimate of drug-likeness (QED) is 0.0912. The summed E-state index contributed by atoms with van der Waals surface area (Å²) in [6, 6.07) is 12.9. The number of carbonyl (C=O) groups is 1. The molecule has 1 heterocycles. The van der Waals surface area contributed by atoms with Gasteiger partial charge in [0.2, 0.25) is 5.91 Å². The Morgan fingerprint density at radius 2 is 1.44 bits per heavy atom. The summed E-state index contributed by atoms with van der Waals surface area (Å²) in [4.78, 5) is 12.7. The van der Waals surface area contributed by atoms with E-state index in [1.807, 2.05) is 19.1 Å². The van der Waals surface area contributed by atoms with Crippen LogP contribution in [0.3, 0.4) is 0 Å². The van der Waals surface area contributed by atoms with Gasteiger partial charge in [0.1, 0.15) is 47.8 Å². The Morgan fingerprint density at radius 3 is 2.04 bits per heavy atom. The molecular weight excluding hydrogens is 625 g/mol. The highest BCUT2D eigenvalue weighted by molar-refractivity contribution is 5.76. The van der Waals surface area contributed by atoms with Crippen molar-refractivity contribution in [1.29, 1.82) is 0 Å². The third-order valence-electron chi connectivity index (χ3n) is 8.62. The standard InChI is InChI=1S/C36H54FNO10/c1-2-11-29(40)32(42)28(23-46-36-35(45)34(44)33(43)30(22-39)48-36)38-31(41)13-10-8-6-4-3-5-7-9-12-24-14-18-26(19-15-24)47-27-20-16-25(37)17-21-27/h14-21,28-30,32-36,39-40,42-45H,2-13,22-23H2,1H3,(H,38,41)/t28-,29+,30?,32-,33+,34?,35?,36-/m0/s1. The van der Waals surface area contributed by atoms with Crippen LogP contribution in [0.2, 0.25) is 0 Å². The molecule has 11 nitrogen and oxygen atoms in total.